The molecule has 1 aliphatic carbocycles. The Labute approximate surface area is 238 Å². The molecule has 41 heavy (non-hydrogen) atoms. The van der Waals surface area contributed by atoms with Gasteiger partial charge in [0, 0.05) is 24.3 Å². The molecule has 0 radical (unpaired) electrons. The SMILES string of the molecule is COc1cccc(NC(=O)C2[C@@H]3C=CC4(O3)C(C(=O)NC3CCCCC3)N(Cc3ccc5c(c3)OCO5)C(=O)[C@H]24)c1. The van der Waals surface area contributed by atoms with E-state index >= 15 is 0 Å². The lowest BCUT2D eigenvalue weighted by molar-refractivity contribution is -0.142. The predicted molar refractivity (Wildman–Crippen MR) is 147 cm³/mol. The molecule has 2 N–H and O–H groups in total. The minimum Gasteiger partial charge on any atom is -0.497 e. The summed E-state index contributed by atoms with van der Waals surface area (Å²) in [5, 5.41) is 6.16. The number of benzene rings is 2. The van der Waals surface area contributed by atoms with Crippen LogP contribution in [0, 0.1) is 11.8 Å². The maximum absolute atomic E-state index is 14.3. The molecule has 1 spiro atoms. The number of hydrogen-bond donors (Lipinski definition) is 2. The maximum atomic E-state index is 14.3. The number of likely N-dealkylation sites (tertiary alicyclic amines) is 1. The second-order valence-corrected chi connectivity index (χ2v) is 11.4. The molecule has 0 aromatic heterocycles. The van der Waals surface area contributed by atoms with Crippen molar-refractivity contribution in [3.8, 4) is 17.2 Å². The van der Waals surface area contributed by atoms with Crippen molar-refractivity contribution in [1.82, 2.24) is 10.2 Å². The number of anilines is 1. The van der Waals surface area contributed by atoms with Gasteiger partial charge in [-0.25, -0.2) is 0 Å². The van der Waals surface area contributed by atoms with Crippen LogP contribution in [0.25, 0.3) is 0 Å². The van der Waals surface area contributed by atoms with Crippen molar-refractivity contribution < 1.29 is 33.3 Å². The maximum Gasteiger partial charge on any atom is 0.246 e. The van der Waals surface area contributed by atoms with Crippen LogP contribution in [0.4, 0.5) is 5.69 Å². The highest BCUT2D eigenvalue weighted by molar-refractivity contribution is 6.02. The van der Waals surface area contributed by atoms with E-state index in [1.807, 2.05) is 24.3 Å². The fourth-order valence-corrected chi connectivity index (χ4v) is 7.13. The molecule has 214 valence electrons. The first-order valence-electron chi connectivity index (χ1n) is 14.3. The van der Waals surface area contributed by atoms with Crippen LogP contribution in [-0.4, -0.2) is 60.3 Å². The zero-order valence-electron chi connectivity index (χ0n) is 22.8. The lowest BCUT2D eigenvalue weighted by Crippen LogP contribution is -2.56. The van der Waals surface area contributed by atoms with E-state index in [1.54, 1.807) is 42.3 Å². The van der Waals surface area contributed by atoms with Crippen LogP contribution in [0.5, 0.6) is 17.2 Å². The van der Waals surface area contributed by atoms with Gasteiger partial charge in [0.1, 0.15) is 17.4 Å². The van der Waals surface area contributed by atoms with E-state index in [1.165, 1.54) is 0 Å². The van der Waals surface area contributed by atoms with E-state index < -0.39 is 29.6 Å². The summed E-state index contributed by atoms with van der Waals surface area (Å²) in [6.07, 6.45) is 8.17. The number of nitrogens with zero attached hydrogens (tertiary/aromatic N) is 1. The van der Waals surface area contributed by atoms with E-state index in [0.29, 0.717) is 22.9 Å². The molecule has 4 heterocycles. The Morgan fingerprint density at radius 2 is 1.88 bits per heavy atom. The number of fused-ring (bicyclic) bond motifs is 2. The normalized spacial score (nSPS) is 29.5. The van der Waals surface area contributed by atoms with Gasteiger partial charge in [-0.3, -0.25) is 14.4 Å². The van der Waals surface area contributed by atoms with Crippen LogP contribution < -0.4 is 24.8 Å². The van der Waals surface area contributed by atoms with Gasteiger partial charge in [-0.15, -0.1) is 0 Å². The topological polar surface area (TPSA) is 115 Å². The third-order valence-electron chi connectivity index (χ3n) is 9.00. The van der Waals surface area contributed by atoms with Crippen molar-refractivity contribution in [2.24, 2.45) is 11.8 Å². The fraction of sp³-hybridized carbons (Fsp3) is 0.452. The third kappa shape index (κ3) is 4.32. The van der Waals surface area contributed by atoms with Gasteiger partial charge < -0.3 is 34.5 Å². The van der Waals surface area contributed by atoms with Crippen molar-refractivity contribution in [1.29, 1.82) is 0 Å². The van der Waals surface area contributed by atoms with Crippen LogP contribution in [0.3, 0.4) is 0 Å². The molecule has 3 unspecified atom stereocenters. The molecule has 3 amide bonds. The summed E-state index contributed by atoms with van der Waals surface area (Å²) >= 11 is 0. The number of carbonyl (C=O) groups excluding carboxylic acids is 3. The van der Waals surface area contributed by atoms with E-state index in [9.17, 15) is 14.4 Å². The van der Waals surface area contributed by atoms with Crippen molar-refractivity contribution in [3.63, 3.8) is 0 Å². The number of methoxy groups -OCH3 is 1. The number of hydrogen-bond acceptors (Lipinski definition) is 7. The number of rotatable bonds is 7. The smallest absolute Gasteiger partial charge is 0.246 e. The first-order valence-corrected chi connectivity index (χ1v) is 14.3. The van der Waals surface area contributed by atoms with Gasteiger partial charge >= 0.3 is 0 Å². The van der Waals surface area contributed by atoms with Gasteiger partial charge in [0.05, 0.1) is 25.0 Å². The lowest BCUT2D eigenvalue weighted by Gasteiger charge is -2.34. The summed E-state index contributed by atoms with van der Waals surface area (Å²) < 4.78 is 22.7. The van der Waals surface area contributed by atoms with Crippen LogP contribution in [0.15, 0.2) is 54.6 Å². The van der Waals surface area contributed by atoms with Gasteiger partial charge in [-0.05, 0) is 42.7 Å². The summed E-state index contributed by atoms with van der Waals surface area (Å²) in [7, 11) is 1.56. The Balaban J connectivity index is 1.21. The number of amides is 3. The largest absolute Gasteiger partial charge is 0.497 e. The monoisotopic (exact) mass is 559 g/mol. The van der Waals surface area contributed by atoms with Crippen molar-refractivity contribution >= 4 is 23.4 Å². The number of ether oxygens (including phenoxy) is 4. The molecule has 5 aliphatic rings. The van der Waals surface area contributed by atoms with Gasteiger partial charge in [0.25, 0.3) is 0 Å². The van der Waals surface area contributed by atoms with Crippen LogP contribution in [0.1, 0.15) is 37.7 Å². The molecule has 4 aliphatic heterocycles. The molecular formula is C31H33N3O7. The van der Waals surface area contributed by atoms with Gasteiger partial charge in [0.15, 0.2) is 11.5 Å². The lowest BCUT2D eigenvalue weighted by atomic mass is 9.74. The molecule has 1 saturated carbocycles. The minimum absolute atomic E-state index is 0.0592. The molecule has 5 atom stereocenters. The molecule has 2 saturated heterocycles. The quantitative estimate of drug-likeness (QED) is 0.501. The standard InChI is InChI=1S/C31H33N3O7/c1-38-21-9-5-8-20(15-21)33-28(35)25-23-12-13-31(41-23)26(25)30(37)34(16-18-10-11-22-24(14-18)40-17-39-22)27(31)29(36)32-19-6-3-2-4-7-19/h5,8-15,19,23,25-27H,2-4,6-7,16-17H2,1H3,(H,32,36)(H,33,35)/t23-,25?,26-,27?,31?/m0/s1. The van der Waals surface area contributed by atoms with E-state index in [4.69, 9.17) is 18.9 Å². The summed E-state index contributed by atoms with van der Waals surface area (Å²) in [4.78, 5) is 43.6. The summed E-state index contributed by atoms with van der Waals surface area (Å²) in [5.41, 5.74) is 0.127. The van der Waals surface area contributed by atoms with E-state index in [2.05, 4.69) is 10.6 Å². The molecule has 2 bridgehead atoms. The molecular weight excluding hydrogens is 526 g/mol. The van der Waals surface area contributed by atoms with E-state index in [0.717, 1.165) is 37.7 Å². The zero-order valence-corrected chi connectivity index (χ0v) is 22.8. The highest BCUT2D eigenvalue weighted by Gasteiger charge is 2.72. The predicted octanol–water partition coefficient (Wildman–Crippen LogP) is 3.16. The molecule has 10 heteroatoms. The highest BCUT2D eigenvalue weighted by atomic mass is 16.7. The van der Waals surface area contributed by atoms with Gasteiger partial charge in [0.2, 0.25) is 24.5 Å². The van der Waals surface area contributed by atoms with Crippen LogP contribution in [-0.2, 0) is 25.7 Å². The second-order valence-electron chi connectivity index (χ2n) is 11.4. The summed E-state index contributed by atoms with van der Waals surface area (Å²) in [6, 6.07) is 11.7. The first-order chi connectivity index (χ1) is 20.0. The molecule has 3 fully saturated rings. The zero-order chi connectivity index (χ0) is 28.1. The Morgan fingerprint density at radius 3 is 2.71 bits per heavy atom. The first kappa shape index (κ1) is 25.9. The Kier molecular flexibility index (Phi) is 6.37. The fourth-order valence-electron chi connectivity index (χ4n) is 7.13. The van der Waals surface area contributed by atoms with Crippen molar-refractivity contribution in [3.05, 3.63) is 60.2 Å². The molecule has 7 rings (SSSR count). The molecule has 2 aromatic carbocycles. The average molecular weight is 560 g/mol. The molecule has 10 nitrogen and oxygen atoms in total. The Bertz CT molecular complexity index is 1420. The van der Waals surface area contributed by atoms with Crippen LogP contribution >= 0.6 is 0 Å². The Morgan fingerprint density at radius 1 is 1.05 bits per heavy atom. The number of nitrogens with one attached hydrogen (secondary N) is 2. The second kappa shape index (κ2) is 10.1. The summed E-state index contributed by atoms with van der Waals surface area (Å²) in [6.45, 7) is 0.311. The van der Waals surface area contributed by atoms with Crippen LogP contribution in [0.2, 0.25) is 0 Å². The van der Waals surface area contributed by atoms with Crippen molar-refractivity contribution in [2.75, 3.05) is 19.2 Å². The van der Waals surface area contributed by atoms with Crippen molar-refractivity contribution in [2.45, 2.75) is 62.4 Å². The van der Waals surface area contributed by atoms with E-state index in [-0.39, 0.29) is 37.1 Å². The van der Waals surface area contributed by atoms with Gasteiger partial charge in [-0.1, -0.05) is 43.5 Å². The third-order valence-corrected chi connectivity index (χ3v) is 9.00. The Hall–Kier alpha value is -4.05. The molecule has 2 aromatic rings. The average Bonchev–Trinajstić information content (AvgIpc) is 3.74. The van der Waals surface area contributed by atoms with Gasteiger partial charge in [-0.2, -0.15) is 0 Å². The highest BCUT2D eigenvalue weighted by Crippen LogP contribution is 2.55. The minimum atomic E-state index is -1.23. The summed E-state index contributed by atoms with van der Waals surface area (Å²) in [5.74, 6) is -0.619. The number of carbonyl (C=O) groups is 3.